The maximum atomic E-state index is 13.6. The molecule has 0 radical (unpaired) electrons. The number of halogens is 1. The summed E-state index contributed by atoms with van der Waals surface area (Å²) < 4.78 is 18.8. The van der Waals surface area contributed by atoms with Gasteiger partial charge < -0.3 is 9.73 Å². The van der Waals surface area contributed by atoms with Crippen molar-refractivity contribution >= 4 is 29.5 Å². The topological polar surface area (TPSA) is 79.6 Å². The molecule has 3 aromatic rings. The molecule has 0 unspecified atom stereocenters. The number of rotatable bonds is 8. The van der Waals surface area contributed by atoms with Gasteiger partial charge in [0.15, 0.2) is 0 Å². The van der Waals surface area contributed by atoms with Gasteiger partial charge in [0, 0.05) is 23.6 Å². The molecule has 2 heterocycles. The van der Waals surface area contributed by atoms with Crippen molar-refractivity contribution in [1.29, 1.82) is 0 Å². The highest BCUT2D eigenvalue weighted by Gasteiger charge is 2.36. The Labute approximate surface area is 182 Å². The van der Waals surface area contributed by atoms with Gasteiger partial charge in [-0.15, -0.1) is 0 Å². The summed E-state index contributed by atoms with van der Waals surface area (Å²) in [7, 11) is 0. The van der Waals surface area contributed by atoms with Gasteiger partial charge in [-0.1, -0.05) is 18.2 Å². The molecule has 0 fully saturated rings. The van der Waals surface area contributed by atoms with Crippen LogP contribution in [0.5, 0.6) is 0 Å². The molecule has 4 rings (SSSR count). The van der Waals surface area contributed by atoms with Crippen molar-refractivity contribution in [2.45, 2.75) is 12.3 Å². The summed E-state index contributed by atoms with van der Waals surface area (Å²) in [6.45, 7) is 0.437. The standard InChI is InChI=1S/C23H19FN2O4S/c24-20-6-2-1-4-16(20)14-31-11-9-25-21(27)15-7-8-18-19(12-15)23(29)26(22(18)28)13-17-5-3-10-30-17/h1-8,10,12H,9,11,13-14H2,(H,25,27). The van der Waals surface area contributed by atoms with E-state index in [1.807, 2.05) is 0 Å². The first-order chi connectivity index (χ1) is 15.0. The number of benzene rings is 2. The Balaban J connectivity index is 1.32. The van der Waals surface area contributed by atoms with Gasteiger partial charge in [0.2, 0.25) is 0 Å². The fourth-order valence-electron chi connectivity index (χ4n) is 3.27. The Bertz CT molecular complexity index is 1130. The molecule has 31 heavy (non-hydrogen) atoms. The molecule has 1 aliphatic heterocycles. The van der Waals surface area contributed by atoms with E-state index in [0.717, 1.165) is 4.90 Å². The third-order valence-electron chi connectivity index (χ3n) is 4.87. The van der Waals surface area contributed by atoms with Crippen LogP contribution in [0.2, 0.25) is 0 Å². The molecule has 8 heteroatoms. The Morgan fingerprint density at radius 1 is 1.03 bits per heavy atom. The summed E-state index contributed by atoms with van der Waals surface area (Å²) in [5.41, 5.74) is 1.41. The van der Waals surface area contributed by atoms with E-state index in [-0.39, 0.29) is 29.4 Å². The van der Waals surface area contributed by atoms with Crippen molar-refractivity contribution in [2.75, 3.05) is 12.3 Å². The first kappa shape index (κ1) is 20.9. The van der Waals surface area contributed by atoms with E-state index < -0.39 is 11.8 Å². The van der Waals surface area contributed by atoms with Crippen LogP contribution in [0.25, 0.3) is 0 Å². The highest BCUT2D eigenvalue weighted by molar-refractivity contribution is 7.98. The molecule has 1 aliphatic rings. The first-order valence-corrected chi connectivity index (χ1v) is 10.8. The second-order valence-electron chi connectivity index (χ2n) is 6.94. The summed E-state index contributed by atoms with van der Waals surface area (Å²) >= 11 is 1.51. The molecule has 0 aliphatic carbocycles. The number of hydrogen-bond acceptors (Lipinski definition) is 5. The van der Waals surface area contributed by atoms with Crippen LogP contribution in [0, 0.1) is 5.82 Å². The highest BCUT2D eigenvalue weighted by Crippen LogP contribution is 2.26. The fraction of sp³-hybridized carbons (Fsp3) is 0.174. The van der Waals surface area contributed by atoms with Crippen LogP contribution in [0.3, 0.4) is 0 Å². The number of hydrogen-bond donors (Lipinski definition) is 1. The van der Waals surface area contributed by atoms with Gasteiger partial charge in [-0.05, 0) is 42.0 Å². The Morgan fingerprint density at radius 2 is 1.84 bits per heavy atom. The lowest BCUT2D eigenvalue weighted by Crippen LogP contribution is -2.28. The van der Waals surface area contributed by atoms with Gasteiger partial charge in [-0.3, -0.25) is 19.3 Å². The number of carbonyl (C=O) groups excluding carboxylic acids is 3. The van der Waals surface area contributed by atoms with E-state index in [9.17, 15) is 18.8 Å². The lowest BCUT2D eigenvalue weighted by atomic mass is 10.1. The van der Waals surface area contributed by atoms with Crippen LogP contribution in [-0.4, -0.2) is 34.9 Å². The van der Waals surface area contributed by atoms with Crippen molar-refractivity contribution < 1.29 is 23.2 Å². The summed E-state index contributed by atoms with van der Waals surface area (Å²) in [5.74, 6) is 0.194. The highest BCUT2D eigenvalue weighted by atomic mass is 32.2. The molecule has 158 valence electrons. The summed E-state index contributed by atoms with van der Waals surface area (Å²) in [6, 6.07) is 14.4. The molecule has 0 bridgehead atoms. The van der Waals surface area contributed by atoms with Crippen LogP contribution in [-0.2, 0) is 12.3 Å². The van der Waals surface area contributed by atoms with E-state index in [2.05, 4.69) is 5.32 Å². The molecule has 0 atom stereocenters. The van der Waals surface area contributed by atoms with Crippen molar-refractivity contribution in [3.63, 3.8) is 0 Å². The van der Waals surface area contributed by atoms with Gasteiger partial charge in [-0.2, -0.15) is 11.8 Å². The van der Waals surface area contributed by atoms with Gasteiger partial charge in [0.1, 0.15) is 11.6 Å². The predicted octanol–water partition coefficient (Wildman–Crippen LogP) is 3.88. The van der Waals surface area contributed by atoms with Crippen LogP contribution in [0.4, 0.5) is 4.39 Å². The lowest BCUT2D eigenvalue weighted by molar-refractivity contribution is 0.0631. The molecule has 0 saturated carbocycles. The number of imide groups is 1. The van der Waals surface area contributed by atoms with Crippen molar-refractivity contribution in [3.05, 3.63) is 94.7 Å². The largest absolute Gasteiger partial charge is 0.467 e. The second kappa shape index (κ2) is 9.18. The zero-order chi connectivity index (χ0) is 21.8. The van der Waals surface area contributed by atoms with Gasteiger partial charge in [0.05, 0.1) is 23.9 Å². The minimum Gasteiger partial charge on any atom is -0.467 e. The number of thioether (sulfide) groups is 1. The number of carbonyl (C=O) groups is 3. The quantitative estimate of drug-likeness (QED) is 0.427. The van der Waals surface area contributed by atoms with Gasteiger partial charge in [-0.25, -0.2) is 4.39 Å². The molecule has 0 spiro atoms. The SMILES string of the molecule is O=C(NCCSCc1ccccc1F)c1ccc2c(c1)C(=O)N(Cc1ccco1)C2=O. The molecule has 3 amide bonds. The minimum absolute atomic E-state index is 0.0418. The monoisotopic (exact) mass is 438 g/mol. The molecular formula is C23H19FN2O4S. The third-order valence-corrected chi connectivity index (χ3v) is 5.88. The molecule has 2 aromatic carbocycles. The summed E-state index contributed by atoms with van der Waals surface area (Å²) in [6.07, 6.45) is 1.48. The third kappa shape index (κ3) is 4.54. The number of nitrogens with one attached hydrogen (secondary N) is 1. The zero-order valence-electron chi connectivity index (χ0n) is 16.5. The van der Waals surface area contributed by atoms with Crippen LogP contribution < -0.4 is 5.32 Å². The van der Waals surface area contributed by atoms with Crippen LogP contribution >= 0.6 is 11.8 Å². The Kier molecular flexibility index (Phi) is 6.18. The number of furan rings is 1. The first-order valence-electron chi connectivity index (χ1n) is 9.66. The lowest BCUT2D eigenvalue weighted by Gasteiger charge is -2.11. The molecule has 0 saturated heterocycles. The number of fused-ring (bicyclic) bond motifs is 1. The smallest absolute Gasteiger partial charge is 0.261 e. The fourth-order valence-corrected chi connectivity index (χ4v) is 4.12. The summed E-state index contributed by atoms with van der Waals surface area (Å²) in [5, 5.41) is 2.79. The van der Waals surface area contributed by atoms with Crippen molar-refractivity contribution in [1.82, 2.24) is 10.2 Å². The average Bonchev–Trinajstić information content (AvgIpc) is 3.37. The van der Waals surface area contributed by atoms with Crippen molar-refractivity contribution in [2.24, 2.45) is 0 Å². The second-order valence-corrected chi connectivity index (χ2v) is 8.04. The Morgan fingerprint density at radius 3 is 2.61 bits per heavy atom. The van der Waals surface area contributed by atoms with Gasteiger partial charge >= 0.3 is 0 Å². The Hall–Kier alpha value is -3.39. The van der Waals surface area contributed by atoms with E-state index in [1.165, 1.54) is 42.3 Å². The molecule has 6 nitrogen and oxygen atoms in total. The number of amides is 3. The number of nitrogens with zero attached hydrogens (tertiary/aromatic N) is 1. The normalized spacial score (nSPS) is 12.9. The van der Waals surface area contributed by atoms with E-state index in [1.54, 1.807) is 30.3 Å². The minimum atomic E-state index is -0.452. The van der Waals surface area contributed by atoms with Crippen LogP contribution in [0.15, 0.2) is 65.3 Å². The summed E-state index contributed by atoms with van der Waals surface area (Å²) in [4.78, 5) is 38.8. The zero-order valence-corrected chi connectivity index (χ0v) is 17.3. The maximum Gasteiger partial charge on any atom is 0.261 e. The molecule has 1 aromatic heterocycles. The predicted molar refractivity (Wildman–Crippen MR) is 114 cm³/mol. The van der Waals surface area contributed by atoms with Crippen molar-refractivity contribution in [3.8, 4) is 0 Å². The van der Waals surface area contributed by atoms with E-state index in [4.69, 9.17) is 4.42 Å². The average molecular weight is 438 g/mol. The molecule has 1 N–H and O–H groups in total. The maximum absolute atomic E-state index is 13.6. The van der Waals surface area contributed by atoms with Gasteiger partial charge in [0.25, 0.3) is 17.7 Å². The van der Waals surface area contributed by atoms with E-state index in [0.29, 0.717) is 34.9 Å². The van der Waals surface area contributed by atoms with E-state index >= 15 is 0 Å². The van der Waals surface area contributed by atoms with Crippen LogP contribution in [0.1, 0.15) is 42.4 Å². The molecular weight excluding hydrogens is 419 g/mol.